The SMILES string of the molecule is C/C=N\S(=O)OC(F)(F)F. The highest BCUT2D eigenvalue weighted by Crippen LogP contribution is 2.17. The molecule has 0 aromatic heterocycles. The first-order chi connectivity index (χ1) is 4.45. The van der Waals surface area contributed by atoms with E-state index in [4.69, 9.17) is 0 Å². The van der Waals surface area contributed by atoms with Crippen molar-refractivity contribution in [2.45, 2.75) is 13.3 Å². The van der Waals surface area contributed by atoms with Crippen LogP contribution >= 0.6 is 0 Å². The summed E-state index contributed by atoms with van der Waals surface area (Å²) in [7, 11) is 0. The van der Waals surface area contributed by atoms with E-state index in [0.29, 0.717) is 0 Å². The zero-order valence-corrected chi connectivity index (χ0v) is 5.70. The minimum Gasteiger partial charge on any atom is -0.203 e. The Hall–Kier alpha value is -0.430. The molecule has 0 N–H and O–H groups in total. The van der Waals surface area contributed by atoms with Crippen molar-refractivity contribution in [3.05, 3.63) is 0 Å². The molecule has 0 saturated carbocycles. The zero-order valence-electron chi connectivity index (χ0n) is 4.88. The van der Waals surface area contributed by atoms with E-state index in [9.17, 15) is 17.4 Å². The molecule has 1 atom stereocenters. The lowest BCUT2D eigenvalue weighted by atomic mass is 10.9. The summed E-state index contributed by atoms with van der Waals surface area (Å²) < 4.78 is 49.2. The van der Waals surface area contributed by atoms with Crippen LogP contribution in [-0.4, -0.2) is 16.8 Å². The summed E-state index contributed by atoms with van der Waals surface area (Å²) in [4.78, 5) is 0. The predicted octanol–water partition coefficient (Wildman–Crippen LogP) is 1.19. The maximum Gasteiger partial charge on any atom is 0.536 e. The van der Waals surface area contributed by atoms with Gasteiger partial charge in [0.1, 0.15) is 0 Å². The van der Waals surface area contributed by atoms with Crippen LogP contribution < -0.4 is 0 Å². The molecule has 0 aromatic rings. The van der Waals surface area contributed by atoms with Crippen molar-refractivity contribution in [3.8, 4) is 0 Å². The Kier molecular flexibility index (Phi) is 3.51. The van der Waals surface area contributed by atoms with Crippen LogP contribution in [0.2, 0.25) is 0 Å². The Labute approximate surface area is 57.7 Å². The molecular formula is C3H4F3NO2S. The van der Waals surface area contributed by atoms with E-state index in [1.54, 1.807) is 0 Å². The second kappa shape index (κ2) is 3.67. The molecule has 3 nitrogen and oxygen atoms in total. The lowest BCUT2D eigenvalue weighted by molar-refractivity contribution is -0.269. The maximum atomic E-state index is 11.1. The summed E-state index contributed by atoms with van der Waals surface area (Å²) >= 11 is -2.65. The molecular weight excluding hydrogens is 171 g/mol. The smallest absolute Gasteiger partial charge is 0.203 e. The average Bonchev–Trinajstić information content (AvgIpc) is 1.59. The molecule has 10 heavy (non-hydrogen) atoms. The van der Waals surface area contributed by atoms with Crippen molar-refractivity contribution in [2.75, 3.05) is 0 Å². The van der Waals surface area contributed by atoms with Crippen molar-refractivity contribution < 1.29 is 21.6 Å². The van der Waals surface area contributed by atoms with Gasteiger partial charge in [-0.3, -0.25) is 0 Å². The molecule has 0 aromatic carbocycles. The fraction of sp³-hybridized carbons (Fsp3) is 0.667. The molecule has 0 saturated heterocycles. The first kappa shape index (κ1) is 9.57. The molecule has 0 bridgehead atoms. The van der Waals surface area contributed by atoms with Crippen LogP contribution in [0.5, 0.6) is 0 Å². The van der Waals surface area contributed by atoms with Gasteiger partial charge in [-0.05, 0) is 6.92 Å². The van der Waals surface area contributed by atoms with Crippen LogP contribution in [0, 0.1) is 0 Å². The van der Waals surface area contributed by atoms with E-state index < -0.39 is 17.6 Å². The molecule has 60 valence electrons. The first-order valence-electron chi connectivity index (χ1n) is 2.12. The second-order valence-electron chi connectivity index (χ2n) is 1.11. The van der Waals surface area contributed by atoms with Gasteiger partial charge in [-0.25, -0.2) is 4.21 Å². The number of hydrogen-bond donors (Lipinski definition) is 0. The molecule has 0 heterocycles. The molecule has 0 spiro atoms. The van der Waals surface area contributed by atoms with Crippen molar-refractivity contribution >= 4 is 17.5 Å². The van der Waals surface area contributed by atoms with Gasteiger partial charge in [-0.2, -0.15) is 8.58 Å². The summed E-state index contributed by atoms with van der Waals surface area (Å²) in [6.07, 6.45) is -3.93. The third-order valence-corrected chi connectivity index (χ3v) is 1.07. The Morgan fingerprint density at radius 3 is 2.40 bits per heavy atom. The maximum absolute atomic E-state index is 11.1. The van der Waals surface area contributed by atoms with Crippen LogP contribution in [0.4, 0.5) is 13.2 Å². The van der Waals surface area contributed by atoms with Gasteiger partial charge < -0.3 is 0 Å². The summed E-state index contributed by atoms with van der Waals surface area (Å²) in [5, 5.41) is 0. The van der Waals surface area contributed by atoms with E-state index >= 15 is 0 Å². The van der Waals surface area contributed by atoms with Gasteiger partial charge in [0.15, 0.2) is 0 Å². The summed E-state index contributed by atoms with van der Waals surface area (Å²) in [5.74, 6) is 0. The molecule has 0 aliphatic heterocycles. The zero-order chi connectivity index (χ0) is 8.20. The van der Waals surface area contributed by atoms with E-state index in [1.807, 2.05) is 0 Å². The Bertz CT molecular complexity index is 154. The molecule has 0 radical (unpaired) electrons. The van der Waals surface area contributed by atoms with Gasteiger partial charge in [0, 0.05) is 6.21 Å². The number of hydrogen-bond acceptors (Lipinski definition) is 2. The van der Waals surface area contributed by atoms with E-state index in [2.05, 4.69) is 8.58 Å². The van der Waals surface area contributed by atoms with Crippen LogP contribution in [-0.2, 0) is 15.4 Å². The quantitative estimate of drug-likeness (QED) is 0.591. The standard InChI is InChI=1S/C3H4F3NO2S/c1-2-7-10(8)9-3(4,5)6/h2H,1H3/b7-2-. The largest absolute Gasteiger partial charge is 0.536 e. The minimum absolute atomic E-state index is 0.960. The predicted molar refractivity (Wildman–Crippen MR) is 29.4 cm³/mol. The fourth-order valence-corrected chi connectivity index (χ4v) is 0.565. The van der Waals surface area contributed by atoms with Crippen LogP contribution in [0.3, 0.4) is 0 Å². The summed E-state index contributed by atoms with van der Waals surface area (Å²) in [6.45, 7) is 1.33. The van der Waals surface area contributed by atoms with Crippen LogP contribution in [0.25, 0.3) is 0 Å². The van der Waals surface area contributed by atoms with E-state index in [-0.39, 0.29) is 0 Å². The summed E-state index contributed by atoms with van der Waals surface area (Å²) in [5.41, 5.74) is 0. The van der Waals surface area contributed by atoms with E-state index in [1.165, 1.54) is 6.92 Å². The third kappa shape index (κ3) is 5.70. The molecule has 0 rings (SSSR count). The lowest BCUT2D eigenvalue weighted by Crippen LogP contribution is -2.13. The molecule has 0 aliphatic carbocycles. The Morgan fingerprint density at radius 2 is 2.10 bits per heavy atom. The number of rotatable bonds is 2. The Balaban J connectivity index is 3.81. The van der Waals surface area contributed by atoms with Crippen molar-refractivity contribution in [2.24, 2.45) is 4.40 Å². The van der Waals surface area contributed by atoms with E-state index in [0.717, 1.165) is 6.21 Å². The number of nitrogens with zero attached hydrogens (tertiary/aromatic N) is 1. The molecule has 7 heteroatoms. The van der Waals surface area contributed by atoms with Crippen LogP contribution in [0.15, 0.2) is 4.40 Å². The van der Waals surface area contributed by atoms with Gasteiger partial charge in [-0.15, -0.1) is 13.2 Å². The second-order valence-corrected chi connectivity index (χ2v) is 1.92. The average molecular weight is 175 g/mol. The fourth-order valence-electron chi connectivity index (χ4n) is 0.188. The van der Waals surface area contributed by atoms with Crippen LogP contribution in [0.1, 0.15) is 6.92 Å². The highest BCUT2D eigenvalue weighted by atomic mass is 32.2. The van der Waals surface area contributed by atoms with Crippen molar-refractivity contribution in [1.82, 2.24) is 0 Å². The molecule has 1 unspecified atom stereocenters. The highest BCUT2D eigenvalue weighted by Gasteiger charge is 2.32. The van der Waals surface area contributed by atoms with Crippen molar-refractivity contribution in [3.63, 3.8) is 0 Å². The van der Waals surface area contributed by atoms with Gasteiger partial charge in [0.2, 0.25) is 0 Å². The number of halogens is 3. The minimum atomic E-state index is -4.89. The molecule has 0 amide bonds. The van der Waals surface area contributed by atoms with Crippen molar-refractivity contribution in [1.29, 1.82) is 0 Å². The first-order valence-corrected chi connectivity index (χ1v) is 3.15. The lowest BCUT2D eigenvalue weighted by Gasteiger charge is -2.00. The highest BCUT2D eigenvalue weighted by molar-refractivity contribution is 7.78. The third-order valence-electron chi connectivity index (χ3n) is 0.357. The summed E-state index contributed by atoms with van der Waals surface area (Å²) in [6, 6.07) is 0. The normalized spacial score (nSPS) is 16.0. The topological polar surface area (TPSA) is 38.7 Å². The monoisotopic (exact) mass is 175 g/mol. The van der Waals surface area contributed by atoms with Gasteiger partial charge in [0.05, 0.1) is 0 Å². The van der Waals surface area contributed by atoms with Gasteiger partial charge in [-0.1, -0.05) is 0 Å². The number of alkyl halides is 3. The van der Waals surface area contributed by atoms with Gasteiger partial charge in [0.25, 0.3) is 11.3 Å². The molecule has 0 fully saturated rings. The van der Waals surface area contributed by atoms with Gasteiger partial charge >= 0.3 is 6.36 Å². The Morgan fingerprint density at radius 1 is 1.60 bits per heavy atom. The molecule has 0 aliphatic rings.